The molecule has 16 heavy (non-hydrogen) atoms. The predicted octanol–water partition coefficient (Wildman–Crippen LogP) is 2.23. The van der Waals surface area contributed by atoms with E-state index in [1.807, 2.05) is 0 Å². The van der Waals surface area contributed by atoms with Gasteiger partial charge in [-0.1, -0.05) is 0 Å². The molecule has 3 nitrogen and oxygen atoms in total. The summed E-state index contributed by atoms with van der Waals surface area (Å²) in [7, 11) is 0. The fourth-order valence-electron chi connectivity index (χ4n) is 1.28. The maximum absolute atomic E-state index is 13.4. The molecular formula is C11H6F2N2O. The highest BCUT2D eigenvalue weighted by Gasteiger charge is 2.08. The van der Waals surface area contributed by atoms with Gasteiger partial charge in [0.15, 0.2) is 6.29 Å². The van der Waals surface area contributed by atoms with Gasteiger partial charge in [0.2, 0.25) is 0 Å². The van der Waals surface area contributed by atoms with Gasteiger partial charge >= 0.3 is 0 Å². The number of aldehydes is 1. The van der Waals surface area contributed by atoms with Crippen molar-refractivity contribution in [3.63, 3.8) is 0 Å². The van der Waals surface area contributed by atoms with E-state index in [9.17, 15) is 13.6 Å². The van der Waals surface area contributed by atoms with E-state index in [0.29, 0.717) is 6.29 Å². The van der Waals surface area contributed by atoms with Crippen molar-refractivity contribution in [3.05, 3.63) is 47.9 Å². The largest absolute Gasteiger partial charge is 0.296 e. The molecule has 2 aromatic rings. The van der Waals surface area contributed by atoms with Crippen LogP contribution in [0, 0.1) is 11.6 Å². The minimum Gasteiger partial charge on any atom is -0.296 e. The second-order valence-electron chi connectivity index (χ2n) is 3.07. The quantitative estimate of drug-likeness (QED) is 0.729. The molecule has 0 atom stereocenters. The van der Waals surface area contributed by atoms with Crippen molar-refractivity contribution >= 4 is 6.29 Å². The average molecular weight is 220 g/mol. The molecule has 0 unspecified atom stereocenters. The second kappa shape index (κ2) is 4.14. The fraction of sp³-hybridized carbons (Fsp3) is 0. The molecule has 0 bridgehead atoms. The van der Waals surface area contributed by atoms with E-state index in [1.165, 1.54) is 12.1 Å². The van der Waals surface area contributed by atoms with Crippen LogP contribution in [0.1, 0.15) is 10.5 Å². The van der Waals surface area contributed by atoms with E-state index in [2.05, 4.69) is 9.97 Å². The highest BCUT2D eigenvalue weighted by molar-refractivity contribution is 5.74. The predicted molar refractivity (Wildman–Crippen MR) is 52.8 cm³/mol. The van der Waals surface area contributed by atoms with Crippen molar-refractivity contribution in [2.45, 2.75) is 0 Å². The highest BCUT2D eigenvalue weighted by atomic mass is 19.1. The van der Waals surface area contributed by atoms with Crippen LogP contribution in [-0.2, 0) is 0 Å². The molecule has 0 radical (unpaired) electrons. The van der Waals surface area contributed by atoms with Crippen LogP contribution in [0.25, 0.3) is 11.3 Å². The van der Waals surface area contributed by atoms with Crippen molar-refractivity contribution in [1.29, 1.82) is 0 Å². The normalized spacial score (nSPS) is 10.1. The third-order valence-electron chi connectivity index (χ3n) is 2.02. The number of nitrogens with zero attached hydrogens (tertiary/aromatic N) is 2. The molecule has 1 aromatic heterocycles. The van der Waals surface area contributed by atoms with Crippen molar-refractivity contribution in [2.24, 2.45) is 0 Å². The summed E-state index contributed by atoms with van der Waals surface area (Å²) in [6, 6.07) is 4.49. The van der Waals surface area contributed by atoms with Gasteiger partial charge in [0, 0.05) is 11.6 Å². The number of aromatic nitrogens is 2. The van der Waals surface area contributed by atoms with E-state index in [1.54, 1.807) is 0 Å². The molecule has 5 heteroatoms. The van der Waals surface area contributed by atoms with Crippen LogP contribution in [0.15, 0.2) is 30.6 Å². The zero-order valence-electron chi connectivity index (χ0n) is 8.02. The first-order valence-electron chi connectivity index (χ1n) is 4.43. The van der Waals surface area contributed by atoms with Gasteiger partial charge < -0.3 is 0 Å². The summed E-state index contributed by atoms with van der Waals surface area (Å²) in [5.74, 6) is -1.39. The number of hydrogen-bond donors (Lipinski definition) is 0. The molecule has 0 fully saturated rings. The molecule has 0 N–H and O–H groups in total. The smallest absolute Gasteiger partial charge is 0.168 e. The summed E-state index contributed by atoms with van der Waals surface area (Å²) in [6.45, 7) is 0. The van der Waals surface area contributed by atoms with Crippen molar-refractivity contribution in [3.8, 4) is 11.3 Å². The summed E-state index contributed by atoms with van der Waals surface area (Å²) >= 11 is 0. The molecule has 0 aliphatic heterocycles. The number of carbonyl (C=O) groups is 1. The topological polar surface area (TPSA) is 42.9 Å². The van der Waals surface area contributed by atoms with E-state index in [4.69, 9.17) is 0 Å². The van der Waals surface area contributed by atoms with Gasteiger partial charge in [-0.3, -0.25) is 4.79 Å². The Kier molecular flexibility index (Phi) is 2.68. The Morgan fingerprint density at radius 2 is 1.94 bits per heavy atom. The Hall–Kier alpha value is -2.17. The second-order valence-corrected chi connectivity index (χ2v) is 3.07. The Labute approximate surface area is 89.8 Å². The molecular weight excluding hydrogens is 214 g/mol. The lowest BCUT2D eigenvalue weighted by Gasteiger charge is -2.02. The molecule has 2 rings (SSSR count). The molecule has 0 saturated carbocycles. The average Bonchev–Trinajstić information content (AvgIpc) is 2.29. The number of carbonyl (C=O) groups excluding carboxylic acids is 1. The van der Waals surface area contributed by atoms with Crippen LogP contribution in [0.3, 0.4) is 0 Å². The van der Waals surface area contributed by atoms with Gasteiger partial charge in [0.05, 0.1) is 5.69 Å². The first-order chi connectivity index (χ1) is 7.70. The van der Waals surface area contributed by atoms with Crippen LogP contribution in [-0.4, -0.2) is 16.3 Å². The molecule has 1 aromatic carbocycles. The molecule has 0 amide bonds. The molecule has 1 heterocycles. The maximum atomic E-state index is 13.4. The summed E-state index contributed by atoms with van der Waals surface area (Å²) < 4.78 is 26.1. The lowest BCUT2D eigenvalue weighted by Crippen LogP contribution is -1.93. The molecule has 0 aliphatic carbocycles. The van der Waals surface area contributed by atoms with Gasteiger partial charge in [-0.25, -0.2) is 18.7 Å². The zero-order chi connectivity index (χ0) is 11.5. The lowest BCUT2D eigenvalue weighted by molar-refractivity contribution is 0.111. The Bertz CT molecular complexity index is 543. The van der Waals surface area contributed by atoms with Crippen molar-refractivity contribution < 1.29 is 13.6 Å². The Morgan fingerprint density at radius 1 is 1.12 bits per heavy atom. The van der Waals surface area contributed by atoms with Crippen molar-refractivity contribution in [1.82, 2.24) is 9.97 Å². The monoisotopic (exact) mass is 220 g/mol. The molecule has 0 spiro atoms. The Balaban J connectivity index is 2.53. The van der Waals surface area contributed by atoms with Gasteiger partial charge in [-0.2, -0.15) is 0 Å². The minimum absolute atomic E-state index is 0.131. The molecule has 80 valence electrons. The van der Waals surface area contributed by atoms with E-state index >= 15 is 0 Å². The number of halogens is 2. The van der Waals surface area contributed by atoms with Gasteiger partial charge in [0.25, 0.3) is 0 Å². The standard InChI is InChI=1S/C11H6F2N2O/c12-7-1-2-9(10(13)3-7)11-4-8(5-16)14-6-15-11/h1-6H. The molecule has 0 saturated heterocycles. The van der Waals surface area contributed by atoms with E-state index in [-0.39, 0.29) is 17.0 Å². The van der Waals surface area contributed by atoms with E-state index < -0.39 is 11.6 Å². The lowest BCUT2D eigenvalue weighted by atomic mass is 10.1. The third-order valence-corrected chi connectivity index (χ3v) is 2.02. The summed E-state index contributed by atoms with van der Waals surface area (Å²) in [4.78, 5) is 18.0. The van der Waals surface area contributed by atoms with Crippen LogP contribution in [0.2, 0.25) is 0 Å². The van der Waals surface area contributed by atoms with Gasteiger partial charge in [-0.05, 0) is 18.2 Å². The summed E-state index contributed by atoms with van der Waals surface area (Å²) in [5.41, 5.74) is 0.523. The van der Waals surface area contributed by atoms with Gasteiger partial charge in [0.1, 0.15) is 23.7 Å². The SMILES string of the molecule is O=Cc1cc(-c2ccc(F)cc2F)ncn1. The maximum Gasteiger partial charge on any atom is 0.168 e. The van der Waals surface area contributed by atoms with Crippen LogP contribution in [0.4, 0.5) is 8.78 Å². The number of hydrogen-bond acceptors (Lipinski definition) is 3. The number of rotatable bonds is 2. The first-order valence-corrected chi connectivity index (χ1v) is 4.43. The first kappa shape index (κ1) is 10.4. The van der Waals surface area contributed by atoms with Gasteiger partial charge in [-0.15, -0.1) is 0 Å². The van der Waals surface area contributed by atoms with E-state index in [0.717, 1.165) is 18.5 Å². The summed E-state index contributed by atoms with van der Waals surface area (Å²) in [6.07, 6.45) is 1.69. The third kappa shape index (κ3) is 1.93. The Morgan fingerprint density at radius 3 is 2.62 bits per heavy atom. The zero-order valence-corrected chi connectivity index (χ0v) is 8.02. The van der Waals surface area contributed by atoms with Crippen LogP contribution in [0.5, 0.6) is 0 Å². The number of benzene rings is 1. The molecule has 0 aliphatic rings. The van der Waals surface area contributed by atoms with Crippen molar-refractivity contribution in [2.75, 3.05) is 0 Å². The minimum atomic E-state index is -0.726. The highest BCUT2D eigenvalue weighted by Crippen LogP contribution is 2.21. The summed E-state index contributed by atoms with van der Waals surface area (Å²) in [5, 5.41) is 0. The van der Waals surface area contributed by atoms with Crippen LogP contribution >= 0.6 is 0 Å². The fourth-order valence-corrected chi connectivity index (χ4v) is 1.28. The van der Waals surface area contributed by atoms with Crippen LogP contribution < -0.4 is 0 Å².